The second kappa shape index (κ2) is 5.41. The number of imidazole rings is 1. The Morgan fingerprint density at radius 3 is 2.35 bits per heavy atom. The van der Waals surface area contributed by atoms with Crippen LogP contribution in [0.3, 0.4) is 0 Å². The molecule has 0 saturated heterocycles. The number of aryl methyl sites for hydroxylation is 3. The van der Waals surface area contributed by atoms with Crippen molar-refractivity contribution in [1.82, 2.24) is 9.38 Å². The maximum Gasteiger partial charge on any atom is 0.139 e. The minimum absolute atomic E-state index is 0.0358. The Kier molecular flexibility index (Phi) is 3.67. The first kappa shape index (κ1) is 15.6. The predicted molar refractivity (Wildman–Crippen MR) is 98.2 cm³/mol. The van der Waals surface area contributed by atoms with Crippen LogP contribution < -0.4 is 5.32 Å². The smallest absolute Gasteiger partial charge is 0.139 e. The first-order valence-corrected chi connectivity index (χ1v) is 8.09. The van der Waals surface area contributed by atoms with E-state index < -0.39 is 0 Å². The Labute approximate surface area is 138 Å². The molecule has 0 aliphatic rings. The molecule has 23 heavy (non-hydrogen) atoms. The van der Waals surface area contributed by atoms with Gasteiger partial charge in [-0.2, -0.15) is 0 Å². The van der Waals surface area contributed by atoms with Gasteiger partial charge in [-0.05, 0) is 65.3 Å². The molecule has 0 atom stereocenters. The highest BCUT2D eigenvalue weighted by Gasteiger charge is 2.20. The Hall–Kier alpha value is -2.29. The average Bonchev–Trinajstić information content (AvgIpc) is 2.75. The summed E-state index contributed by atoms with van der Waals surface area (Å²) >= 11 is 0. The Morgan fingerprint density at radius 1 is 0.957 bits per heavy atom. The highest BCUT2D eigenvalue weighted by Crippen LogP contribution is 2.32. The van der Waals surface area contributed by atoms with Gasteiger partial charge in [0.15, 0.2) is 0 Å². The third-order valence-corrected chi connectivity index (χ3v) is 3.83. The van der Waals surface area contributed by atoms with Crippen LogP contribution in [0.2, 0.25) is 0 Å². The van der Waals surface area contributed by atoms with Gasteiger partial charge in [-0.25, -0.2) is 4.98 Å². The summed E-state index contributed by atoms with van der Waals surface area (Å²) in [5.41, 5.74) is 6.79. The van der Waals surface area contributed by atoms with Gasteiger partial charge in [-0.1, -0.05) is 23.8 Å². The molecular formula is C20H25N3. The zero-order valence-corrected chi connectivity index (χ0v) is 14.9. The highest BCUT2D eigenvalue weighted by molar-refractivity contribution is 5.77. The number of nitrogens with zero attached hydrogens (tertiary/aromatic N) is 2. The number of pyridine rings is 1. The summed E-state index contributed by atoms with van der Waals surface area (Å²) < 4.78 is 2.22. The van der Waals surface area contributed by atoms with Crippen LogP contribution in [0, 0.1) is 20.8 Å². The van der Waals surface area contributed by atoms with Crippen LogP contribution in [-0.2, 0) is 0 Å². The summed E-state index contributed by atoms with van der Waals surface area (Å²) in [5, 5.41) is 3.65. The van der Waals surface area contributed by atoms with Crippen LogP contribution in [0.4, 0.5) is 5.82 Å². The molecule has 3 heteroatoms. The molecule has 0 radical (unpaired) electrons. The summed E-state index contributed by atoms with van der Waals surface area (Å²) in [6, 6.07) is 12.9. The molecular weight excluding hydrogens is 282 g/mol. The normalized spacial score (nSPS) is 11.9. The minimum atomic E-state index is -0.0358. The van der Waals surface area contributed by atoms with E-state index in [1.165, 1.54) is 16.8 Å². The van der Waals surface area contributed by atoms with Gasteiger partial charge in [0.05, 0.1) is 0 Å². The number of benzene rings is 1. The first-order valence-electron chi connectivity index (χ1n) is 8.09. The maximum absolute atomic E-state index is 4.93. The monoisotopic (exact) mass is 307 g/mol. The van der Waals surface area contributed by atoms with E-state index in [-0.39, 0.29) is 5.54 Å². The van der Waals surface area contributed by atoms with E-state index in [1.54, 1.807) is 0 Å². The van der Waals surface area contributed by atoms with E-state index in [1.807, 2.05) is 0 Å². The van der Waals surface area contributed by atoms with Gasteiger partial charge in [0.25, 0.3) is 0 Å². The van der Waals surface area contributed by atoms with Crippen LogP contribution in [-0.4, -0.2) is 14.9 Å². The molecule has 2 heterocycles. The molecule has 3 nitrogen and oxygen atoms in total. The van der Waals surface area contributed by atoms with Crippen LogP contribution in [0.5, 0.6) is 0 Å². The van der Waals surface area contributed by atoms with Gasteiger partial charge in [0.1, 0.15) is 17.2 Å². The van der Waals surface area contributed by atoms with Crippen molar-refractivity contribution in [2.75, 3.05) is 5.32 Å². The number of fused-ring (bicyclic) bond motifs is 1. The van der Waals surface area contributed by atoms with Crippen LogP contribution in [0.1, 0.15) is 37.6 Å². The van der Waals surface area contributed by atoms with Crippen molar-refractivity contribution in [2.24, 2.45) is 0 Å². The summed E-state index contributed by atoms with van der Waals surface area (Å²) in [6.45, 7) is 12.9. The average molecular weight is 307 g/mol. The lowest BCUT2D eigenvalue weighted by Gasteiger charge is -2.23. The molecule has 0 fully saturated rings. The van der Waals surface area contributed by atoms with Crippen molar-refractivity contribution in [3.05, 3.63) is 53.2 Å². The fraction of sp³-hybridized carbons (Fsp3) is 0.350. The van der Waals surface area contributed by atoms with Crippen molar-refractivity contribution < 1.29 is 0 Å². The van der Waals surface area contributed by atoms with Crippen LogP contribution >= 0.6 is 0 Å². The fourth-order valence-corrected chi connectivity index (χ4v) is 3.00. The Balaban J connectivity index is 2.32. The van der Waals surface area contributed by atoms with Crippen LogP contribution in [0.15, 0.2) is 36.4 Å². The molecule has 0 bridgehead atoms. The van der Waals surface area contributed by atoms with E-state index in [0.717, 1.165) is 22.7 Å². The molecule has 0 amide bonds. The van der Waals surface area contributed by atoms with Crippen molar-refractivity contribution >= 4 is 11.5 Å². The summed E-state index contributed by atoms with van der Waals surface area (Å²) in [4.78, 5) is 4.93. The molecule has 0 aliphatic carbocycles. The van der Waals surface area contributed by atoms with E-state index in [2.05, 4.69) is 87.7 Å². The van der Waals surface area contributed by atoms with E-state index in [9.17, 15) is 0 Å². The zero-order valence-electron chi connectivity index (χ0n) is 14.9. The topological polar surface area (TPSA) is 29.3 Å². The lowest BCUT2D eigenvalue weighted by molar-refractivity contribution is 0.629. The van der Waals surface area contributed by atoms with Gasteiger partial charge >= 0.3 is 0 Å². The molecule has 1 N–H and O–H groups in total. The van der Waals surface area contributed by atoms with Crippen molar-refractivity contribution in [3.63, 3.8) is 0 Å². The van der Waals surface area contributed by atoms with Crippen molar-refractivity contribution in [3.8, 4) is 11.3 Å². The molecule has 0 spiro atoms. The second-order valence-electron chi connectivity index (χ2n) is 7.42. The van der Waals surface area contributed by atoms with Gasteiger partial charge < -0.3 is 5.32 Å². The molecule has 1 aromatic carbocycles. The maximum atomic E-state index is 4.93. The van der Waals surface area contributed by atoms with Crippen LogP contribution in [0.25, 0.3) is 16.9 Å². The van der Waals surface area contributed by atoms with Gasteiger partial charge in [-0.15, -0.1) is 0 Å². The quantitative estimate of drug-likeness (QED) is 0.710. The van der Waals surface area contributed by atoms with Gasteiger partial charge in [0.2, 0.25) is 0 Å². The Morgan fingerprint density at radius 2 is 1.70 bits per heavy atom. The highest BCUT2D eigenvalue weighted by atomic mass is 15.2. The number of rotatable bonds is 2. The minimum Gasteiger partial charge on any atom is -0.365 e. The number of hydrogen-bond donors (Lipinski definition) is 1. The van der Waals surface area contributed by atoms with Crippen molar-refractivity contribution in [2.45, 2.75) is 47.1 Å². The predicted octanol–water partition coefficient (Wildman–Crippen LogP) is 5.14. The second-order valence-corrected chi connectivity index (χ2v) is 7.42. The molecule has 0 aliphatic heterocycles. The van der Waals surface area contributed by atoms with E-state index in [4.69, 9.17) is 4.98 Å². The standard InChI is InChI=1S/C20H25N3/c1-13-8-7-9-16(11-13)18-19(22-20(4,5)6)23-15(3)10-14(2)12-17(23)21-18/h7-12,22H,1-6H3. The first-order chi connectivity index (χ1) is 10.7. The third kappa shape index (κ3) is 3.09. The largest absolute Gasteiger partial charge is 0.365 e. The lowest BCUT2D eigenvalue weighted by atomic mass is 10.1. The molecule has 3 rings (SSSR count). The third-order valence-electron chi connectivity index (χ3n) is 3.83. The van der Waals surface area contributed by atoms with Crippen molar-refractivity contribution in [1.29, 1.82) is 0 Å². The van der Waals surface area contributed by atoms with E-state index in [0.29, 0.717) is 0 Å². The molecule has 2 aromatic heterocycles. The number of anilines is 1. The molecule has 0 unspecified atom stereocenters. The number of aromatic nitrogens is 2. The SMILES string of the molecule is Cc1cccc(-c2nc3cc(C)cc(C)n3c2NC(C)(C)C)c1. The van der Waals surface area contributed by atoms with Gasteiger partial charge in [0, 0.05) is 16.8 Å². The number of hydrogen-bond acceptors (Lipinski definition) is 2. The molecule has 0 saturated carbocycles. The summed E-state index contributed by atoms with van der Waals surface area (Å²) in [6.07, 6.45) is 0. The summed E-state index contributed by atoms with van der Waals surface area (Å²) in [7, 11) is 0. The Bertz CT molecular complexity index is 866. The zero-order chi connectivity index (χ0) is 16.8. The lowest BCUT2D eigenvalue weighted by Crippen LogP contribution is -2.27. The number of nitrogens with one attached hydrogen (secondary N) is 1. The molecule has 120 valence electrons. The fourth-order valence-electron chi connectivity index (χ4n) is 3.00. The van der Waals surface area contributed by atoms with Gasteiger partial charge in [-0.3, -0.25) is 4.40 Å². The molecule has 3 aromatic rings. The van der Waals surface area contributed by atoms with E-state index >= 15 is 0 Å². The summed E-state index contributed by atoms with van der Waals surface area (Å²) in [5.74, 6) is 1.07.